The fourth-order valence-electron chi connectivity index (χ4n) is 1.70. The van der Waals surface area contributed by atoms with Crippen molar-refractivity contribution in [3.8, 4) is 0 Å². The molecule has 0 bridgehead atoms. The number of hydrogen-bond donors (Lipinski definition) is 0. The van der Waals surface area contributed by atoms with Crippen molar-refractivity contribution in [1.29, 1.82) is 0 Å². The molecule has 0 aromatic heterocycles. The summed E-state index contributed by atoms with van der Waals surface area (Å²) in [6, 6.07) is 0. The van der Waals surface area contributed by atoms with Gasteiger partial charge in [0.1, 0.15) is 0 Å². The molecule has 1 saturated carbocycles. The van der Waals surface area contributed by atoms with Crippen molar-refractivity contribution in [2.24, 2.45) is 5.92 Å². The Kier molecular flexibility index (Phi) is 1.60. The summed E-state index contributed by atoms with van der Waals surface area (Å²) in [4.78, 5) is 11.1. The van der Waals surface area contributed by atoms with Gasteiger partial charge in [-0.2, -0.15) is 0 Å². The van der Waals surface area contributed by atoms with Crippen LogP contribution in [0.4, 0.5) is 0 Å². The highest BCUT2D eigenvalue weighted by Crippen LogP contribution is 2.42. The molecule has 1 saturated heterocycles. The van der Waals surface area contributed by atoms with Crippen LogP contribution >= 0.6 is 0 Å². The molecule has 1 heterocycles. The van der Waals surface area contributed by atoms with E-state index in [0.29, 0.717) is 18.8 Å². The van der Waals surface area contributed by atoms with Crippen LogP contribution in [0.3, 0.4) is 0 Å². The summed E-state index contributed by atoms with van der Waals surface area (Å²) in [6.45, 7) is 2.33. The molecule has 2 rings (SSSR count). The molecule has 3 atom stereocenters. The van der Waals surface area contributed by atoms with Crippen LogP contribution in [-0.4, -0.2) is 24.8 Å². The second-order valence-corrected chi connectivity index (χ2v) is 3.13. The Morgan fingerprint density at radius 2 is 2.18 bits per heavy atom. The summed E-state index contributed by atoms with van der Waals surface area (Å²) in [6.07, 6.45) is 2.52. The normalized spacial score (nSPS) is 39.9. The van der Waals surface area contributed by atoms with Gasteiger partial charge in [-0.1, -0.05) is 0 Å². The Bertz CT molecular complexity index is 168. The van der Waals surface area contributed by atoms with E-state index in [1.54, 1.807) is 0 Å². The van der Waals surface area contributed by atoms with Crippen molar-refractivity contribution >= 4 is 5.97 Å². The lowest BCUT2D eigenvalue weighted by Gasteiger charge is -2.08. The molecular weight excluding hydrogens is 144 g/mol. The Morgan fingerprint density at radius 1 is 1.55 bits per heavy atom. The predicted octanol–water partition coefficient (Wildman–Crippen LogP) is 0.727. The number of carbonyl (C=O) groups excluding carboxylic acids is 1. The number of ether oxygens (including phenoxy) is 2. The first-order valence-electron chi connectivity index (χ1n) is 4.13. The largest absolute Gasteiger partial charge is 0.466 e. The van der Waals surface area contributed by atoms with Gasteiger partial charge >= 0.3 is 5.97 Å². The lowest BCUT2D eigenvalue weighted by molar-refractivity contribution is -0.148. The summed E-state index contributed by atoms with van der Waals surface area (Å²) < 4.78 is 10.1. The molecule has 0 spiro atoms. The van der Waals surface area contributed by atoms with Gasteiger partial charge in [-0.3, -0.25) is 4.79 Å². The minimum atomic E-state index is -0.0386. The highest BCUT2D eigenvalue weighted by molar-refractivity contribution is 5.73. The number of carbonyl (C=O) groups is 1. The standard InChI is InChI=1S/C8H12O3/c1-2-10-8(9)5-3-6-7(4-5)11-6/h5-7H,2-4H2,1H3/t5?,6-,7+. The molecule has 0 aromatic rings. The monoisotopic (exact) mass is 156 g/mol. The minimum absolute atomic E-state index is 0.0386. The third-order valence-corrected chi connectivity index (χ3v) is 2.34. The van der Waals surface area contributed by atoms with Gasteiger partial charge in [0, 0.05) is 0 Å². The van der Waals surface area contributed by atoms with Gasteiger partial charge in [0.05, 0.1) is 24.7 Å². The van der Waals surface area contributed by atoms with E-state index in [1.807, 2.05) is 6.92 Å². The summed E-state index contributed by atoms with van der Waals surface area (Å²) >= 11 is 0. The van der Waals surface area contributed by atoms with Gasteiger partial charge < -0.3 is 9.47 Å². The molecule has 1 aliphatic heterocycles. The first kappa shape index (κ1) is 7.10. The van der Waals surface area contributed by atoms with Crippen LogP contribution < -0.4 is 0 Å². The number of hydrogen-bond acceptors (Lipinski definition) is 3. The number of rotatable bonds is 2. The molecule has 2 aliphatic rings. The zero-order valence-corrected chi connectivity index (χ0v) is 6.58. The van der Waals surface area contributed by atoms with Gasteiger partial charge in [-0.05, 0) is 19.8 Å². The first-order chi connectivity index (χ1) is 5.31. The Balaban J connectivity index is 1.82. The fourth-order valence-corrected chi connectivity index (χ4v) is 1.70. The third kappa shape index (κ3) is 1.25. The van der Waals surface area contributed by atoms with E-state index in [0.717, 1.165) is 12.8 Å². The second kappa shape index (κ2) is 2.48. The average Bonchev–Trinajstić information content (AvgIpc) is 2.59. The summed E-state index contributed by atoms with van der Waals surface area (Å²) in [7, 11) is 0. The molecule has 1 unspecified atom stereocenters. The maximum Gasteiger partial charge on any atom is 0.309 e. The summed E-state index contributed by atoms with van der Waals surface area (Å²) in [5.41, 5.74) is 0. The van der Waals surface area contributed by atoms with Crippen LogP contribution in [0.15, 0.2) is 0 Å². The molecule has 11 heavy (non-hydrogen) atoms. The van der Waals surface area contributed by atoms with Crippen LogP contribution in [-0.2, 0) is 14.3 Å². The van der Waals surface area contributed by atoms with Gasteiger partial charge in [0.25, 0.3) is 0 Å². The molecule has 1 aliphatic carbocycles. The van der Waals surface area contributed by atoms with Gasteiger partial charge in [-0.25, -0.2) is 0 Å². The Hall–Kier alpha value is -0.570. The summed E-state index contributed by atoms with van der Waals surface area (Å²) in [5, 5.41) is 0. The smallest absolute Gasteiger partial charge is 0.309 e. The molecular formula is C8H12O3. The average molecular weight is 156 g/mol. The van der Waals surface area contributed by atoms with E-state index in [4.69, 9.17) is 9.47 Å². The molecule has 0 N–H and O–H groups in total. The van der Waals surface area contributed by atoms with Gasteiger partial charge in [0.2, 0.25) is 0 Å². The molecule has 2 fully saturated rings. The lowest BCUT2D eigenvalue weighted by Crippen LogP contribution is -2.16. The summed E-state index contributed by atoms with van der Waals surface area (Å²) in [5.74, 6) is 0.0852. The third-order valence-electron chi connectivity index (χ3n) is 2.34. The Labute approximate surface area is 65.7 Å². The van der Waals surface area contributed by atoms with Gasteiger partial charge in [0.15, 0.2) is 0 Å². The molecule has 0 aromatic carbocycles. The minimum Gasteiger partial charge on any atom is -0.466 e. The van der Waals surface area contributed by atoms with E-state index in [2.05, 4.69) is 0 Å². The number of esters is 1. The van der Waals surface area contributed by atoms with Crippen molar-refractivity contribution in [3.05, 3.63) is 0 Å². The maximum atomic E-state index is 11.1. The molecule has 0 amide bonds. The van der Waals surface area contributed by atoms with Crippen molar-refractivity contribution in [1.82, 2.24) is 0 Å². The van der Waals surface area contributed by atoms with E-state index in [9.17, 15) is 4.79 Å². The van der Waals surface area contributed by atoms with Gasteiger partial charge in [-0.15, -0.1) is 0 Å². The lowest BCUT2D eigenvalue weighted by atomic mass is 10.1. The molecule has 62 valence electrons. The van der Waals surface area contributed by atoms with Crippen molar-refractivity contribution < 1.29 is 14.3 Å². The molecule has 3 heteroatoms. The van der Waals surface area contributed by atoms with E-state index in [-0.39, 0.29) is 11.9 Å². The van der Waals surface area contributed by atoms with Crippen molar-refractivity contribution in [2.75, 3.05) is 6.61 Å². The molecule has 3 nitrogen and oxygen atoms in total. The van der Waals surface area contributed by atoms with E-state index in [1.165, 1.54) is 0 Å². The number of fused-ring (bicyclic) bond motifs is 1. The van der Waals surface area contributed by atoms with Crippen LogP contribution in [0.2, 0.25) is 0 Å². The van der Waals surface area contributed by atoms with Crippen LogP contribution in [0, 0.1) is 5.92 Å². The Morgan fingerprint density at radius 3 is 2.73 bits per heavy atom. The van der Waals surface area contributed by atoms with Crippen LogP contribution in [0.25, 0.3) is 0 Å². The SMILES string of the molecule is CCOC(=O)C1C[C@@H]2O[C@@H]2C1. The number of epoxide rings is 1. The highest BCUT2D eigenvalue weighted by atomic mass is 16.6. The quantitative estimate of drug-likeness (QED) is 0.437. The van der Waals surface area contributed by atoms with Crippen LogP contribution in [0.5, 0.6) is 0 Å². The van der Waals surface area contributed by atoms with Crippen molar-refractivity contribution in [3.63, 3.8) is 0 Å². The maximum absolute atomic E-state index is 11.1. The topological polar surface area (TPSA) is 38.8 Å². The molecule has 0 radical (unpaired) electrons. The highest BCUT2D eigenvalue weighted by Gasteiger charge is 2.50. The zero-order valence-electron chi connectivity index (χ0n) is 6.58. The second-order valence-electron chi connectivity index (χ2n) is 3.13. The fraction of sp³-hybridized carbons (Fsp3) is 0.875. The predicted molar refractivity (Wildman–Crippen MR) is 38.0 cm³/mol. The van der Waals surface area contributed by atoms with Crippen molar-refractivity contribution in [2.45, 2.75) is 32.0 Å². The first-order valence-corrected chi connectivity index (χ1v) is 4.13. The van der Waals surface area contributed by atoms with E-state index >= 15 is 0 Å². The van der Waals surface area contributed by atoms with E-state index < -0.39 is 0 Å². The zero-order chi connectivity index (χ0) is 7.84. The van der Waals surface area contributed by atoms with Crippen LogP contribution in [0.1, 0.15) is 19.8 Å².